The Morgan fingerprint density at radius 3 is 2.18 bits per heavy atom. The van der Waals surface area contributed by atoms with Crippen LogP contribution in [0.5, 0.6) is 5.75 Å². The summed E-state index contributed by atoms with van der Waals surface area (Å²) in [7, 11) is 1.66. The summed E-state index contributed by atoms with van der Waals surface area (Å²) in [6.07, 6.45) is 4.40. The number of nitrogens with one attached hydrogen (secondary N) is 2. The first-order valence-electron chi connectivity index (χ1n) is 11.8. The number of para-hydroxylation sites is 1. The number of methoxy groups -OCH3 is 1. The van der Waals surface area contributed by atoms with E-state index in [4.69, 9.17) is 14.7 Å². The summed E-state index contributed by atoms with van der Waals surface area (Å²) >= 11 is 0. The van der Waals surface area contributed by atoms with Crippen LogP contribution in [0, 0.1) is 5.92 Å². The van der Waals surface area contributed by atoms with Crippen LogP contribution >= 0.6 is 0 Å². The number of anilines is 4. The Labute approximate surface area is 200 Å². The molecule has 2 N–H and O–H groups in total. The van der Waals surface area contributed by atoms with Gasteiger partial charge in [0.2, 0.25) is 11.9 Å². The number of hydrogen-bond donors (Lipinski definition) is 2. The zero-order valence-electron chi connectivity index (χ0n) is 19.3. The molecule has 0 bridgehead atoms. The van der Waals surface area contributed by atoms with E-state index in [0.717, 1.165) is 35.8 Å². The summed E-state index contributed by atoms with van der Waals surface area (Å²) in [5.74, 6) is 3.82. The number of hydrogen-bond acceptors (Lipinski definition) is 6. The molecule has 172 valence electrons. The van der Waals surface area contributed by atoms with Crippen molar-refractivity contribution in [1.29, 1.82) is 0 Å². The van der Waals surface area contributed by atoms with Gasteiger partial charge in [0.05, 0.1) is 7.11 Å². The van der Waals surface area contributed by atoms with Gasteiger partial charge in [0.1, 0.15) is 11.6 Å². The van der Waals surface area contributed by atoms with Crippen LogP contribution in [0.3, 0.4) is 0 Å². The van der Waals surface area contributed by atoms with E-state index in [0.29, 0.717) is 23.7 Å². The van der Waals surface area contributed by atoms with Crippen molar-refractivity contribution in [3.63, 3.8) is 0 Å². The van der Waals surface area contributed by atoms with Gasteiger partial charge < -0.3 is 15.4 Å². The standard InChI is InChI=1S/C28H29N5O/c1-34-25-14-8-13-24(19-25)30-28-32-26(31-27(33-28)29-23-11-6-3-7-12-23)18-20-15-16-22(17-20)21-9-4-2-5-10-21/h2-14,19-20,22H,15-18H2,1H3,(H2,29,30,31,32,33). The Kier molecular flexibility index (Phi) is 6.66. The molecule has 1 saturated carbocycles. The second-order valence-corrected chi connectivity index (χ2v) is 8.74. The van der Waals surface area contributed by atoms with Crippen LogP contribution in [-0.4, -0.2) is 22.1 Å². The Hall–Kier alpha value is -3.93. The maximum Gasteiger partial charge on any atom is 0.232 e. The van der Waals surface area contributed by atoms with Gasteiger partial charge in [-0.25, -0.2) is 0 Å². The minimum absolute atomic E-state index is 0.522. The lowest BCUT2D eigenvalue weighted by Gasteiger charge is -2.14. The molecule has 0 radical (unpaired) electrons. The normalized spacial score (nSPS) is 17.3. The lowest BCUT2D eigenvalue weighted by molar-refractivity contribution is 0.415. The van der Waals surface area contributed by atoms with Gasteiger partial charge in [0.25, 0.3) is 0 Å². The number of nitrogens with zero attached hydrogens (tertiary/aromatic N) is 3. The lowest BCUT2D eigenvalue weighted by Crippen LogP contribution is -2.10. The molecule has 1 heterocycles. The van der Waals surface area contributed by atoms with E-state index in [1.165, 1.54) is 18.4 Å². The first-order chi connectivity index (χ1) is 16.7. The zero-order valence-corrected chi connectivity index (χ0v) is 19.3. The van der Waals surface area contributed by atoms with Crippen molar-refractivity contribution in [2.75, 3.05) is 17.7 Å². The van der Waals surface area contributed by atoms with E-state index in [9.17, 15) is 0 Å². The molecular formula is C28H29N5O. The van der Waals surface area contributed by atoms with Crippen molar-refractivity contribution in [2.45, 2.75) is 31.6 Å². The van der Waals surface area contributed by atoms with E-state index >= 15 is 0 Å². The van der Waals surface area contributed by atoms with Gasteiger partial charge >= 0.3 is 0 Å². The summed E-state index contributed by atoms with van der Waals surface area (Å²) < 4.78 is 5.35. The van der Waals surface area contributed by atoms with Gasteiger partial charge in [-0.05, 0) is 60.9 Å². The second kappa shape index (κ2) is 10.3. The predicted molar refractivity (Wildman–Crippen MR) is 136 cm³/mol. The number of ether oxygens (including phenoxy) is 1. The predicted octanol–water partition coefficient (Wildman–Crippen LogP) is 6.49. The number of aromatic nitrogens is 3. The fraction of sp³-hybridized carbons (Fsp3) is 0.250. The molecule has 0 amide bonds. The third kappa shape index (κ3) is 5.52. The molecule has 2 unspecified atom stereocenters. The summed E-state index contributed by atoms with van der Waals surface area (Å²) in [4.78, 5) is 14.2. The van der Waals surface area contributed by atoms with Gasteiger partial charge in [0, 0.05) is 23.9 Å². The Balaban J connectivity index is 1.36. The van der Waals surface area contributed by atoms with Crippen LogP contribution in [0.25, 0.3) is 0 Å². The van der Waals surface area contributed by atoms with Crippen LogP contribution in [-0.2, 0) is 6.42 Å². The summed E-state index contributed by atoms with van der Waals surface area (Å²) in [6, 6.07) is 28.5. The van der Waals surface area contributed by atoms with E-state index in [-0.39, 0.29) is 0 Å². The highest BCUT2D eigenvalue weighted by atomic mass is 16.5. The minimum Gasteiger partial charge on any atom is -0.497 e. The highest BCUT2D eigenvalue weighted by Gasteiger charge is 2.27. The van der Waals surface area contributed by atoms with Gasteiger partial charge in [-0.2, -0.15) is 15.0 Å². The molecule has 6 nitrogen and oxygen atoms in total. The molecule has 1 aliphatic rings. The van der Waals surface area contributed by atoms with Gasteiger partial charge in [0.15, 0.2) is 0 Å². The van der Waals surface area contributed by atoms with Crippen LogP contribution in [0.4, 0.5) is 23.3 Å². The van der Waals surface area contributed by atoms with Crippen molar-refractivity contribution >= 4 is 23.3 Å². The summed E-state index contributed by atoms with van der Waals surface area (Å²) in [6.45, 7) is 0. The lowest BCUT2D eigenvalue weighted by atomic mass is 9.95. The van der Waals surface area contributed by atoms with E-state index in [2.05, 4.69) is 45.9 Å². The average molecular weight is 452 g/mol. The van der Waals surface area contributed by atoms with Crippen LogP contribution in [0.15, 0.2) is 84.9 Å². The van der Waals surface area contributed by atoms with Crippen molar-refractivity contribution in [3.8, 4) is 5.75 Å². The summed E-state index contributed by atoms with van der Waals surface area (Å²) in [5.41, 5.74) is 3.25. The number of benzene rings is 3. The monoisotopic (exact) mass is 451 g/mol. The smallest absolute Gasteiger partial charge is 0.232 e. The molecule has 0 aliphatic heterocycles. The highest BCUT2D eigenvalue weighted by Crippen LogP contribution is 2.39. The van der Waals surface area contributed by atoms with Crippen LogP contribution in [0.2, 0.25) is 0 Å². The second-order valence-electron chi connectivity index (χ2n) is 8.74. The molecule has 3 aromatic carbocycles. The third-order valence-corrected chi connectivity index (χ3v) is 6.32. The molecular weight excluding hydrogens is 422 g/mol. The molecule has 1 fully saturated rings. The van der Waals surface area contributed by atoms with Crippen molar-refractivity contribution in [2.24, 2.45) is 5.92 Å². The van der Waals surface area contributed by atoms with E-state index < -0.39 is 0 Å². The Bertz CT molecular complexity index is 1220. The maximum atomic E-state index is 5.35. The van der Waals surface area contributed by atoms with E-state index in [1.54, 1.807) is 7.11 Å². The molecule has 1 aliphatic carbocycles. The van der Waals surface area contributed by atoms with E-state index in [1.807, 2.05) is 54.6 Å². The molecule has 0 spiro atoms. The molecule has 6 heteroatoms. The first kappa shape index (κ1) is 21.9. The van der Waals surface area contributed by atoms with Gasteiger partial charge in [-0.1, -0.05) is 54.6 Å². The van der Waals surface area contributed by atoms with Gasteiger partial charge in [-0.3, -0.25) is 0 Å². The van der Waals surface area contributed by atoms with Crippen molar-refractivity contribution in [1.82, 2.24) is 15.0 Å². The molecule has 2 atom stereocenters. The third-order valence-electron chi connectivity index (χ3n) is 6.32. The Morgan fingerprint density at radius 2 is 1.44 bits per heavy atom. The zero-order chi connectivity index (χ0) is 23.2. The maximum absolute atomic E-state index is 5.35. The van der Waals surface area contributed by atoms with Crippen molar-refractivity contribution < 1.29 is 4.74 Å². The molecule has 34 heavy (non-hydrogen) atoms. The fourth-order valence-electron chi connectivity index (χ4n) is 4.65. The largest absolute Gasteiger partial charge is 0.497 e. The molecule has 0 saturated heterocycles. The number of rotatable bonds is 8. The molecule has 4 aromatic rings. The van der Waals surface area contributed by atoms with Crippen LogP contribution < -0.4 is 15.4 Å². The van der Waals surface area contributed by atoms with Gasteiger partial charge in [-0.15, -0.1) is 0 Å². The molecule has 1 aromatic heterocycles. The highest BCUT2D eigenvalue weighted by molar-refractivity contribution is 5.58. The topological polar surface area (TPSA) is 72.0 Å². The summed E-state index contributed by atoms with van der Waals surface area (Å²) in [5, 5.41) is 6.65. The Morgan fingerprint density at radius 1 is 0.765 bits per heavy atom. The quantitative estimate of drug-likeness (QED) is 0.319. The van der Waals surface area contributed by atoms with Crippen molar-refractivity contribution in [3.05, 3.63) is 96.3 Å². The minimum atomic E-state index is 0.522. The molecule has 5 rings (SSSR count). The fourth-order valence-corrected chi connectivity index (χ4v) is 4.65. The van der Waals surface area contributed by atoms with Crippen LogP contribution in [0.1, 0.15) is 36.6 Å². The SMILES string of the molecule is COc1cccc(Nc2nc(CC3CCC(c4ccccc4)C3)nc(Nc3ccccc3)n2)c1. The average Bonchev–Trinajstić information content (AvgIpc) is 3.33. The first-order valence-corrected chi connectivity index (χ1v) is 11.8.